The first-order valence-electron chi connectivity index (χ1n) is 11.0. The normalized spacial score (nSPS) is 29.6. The number of carbonyl (C=O) groups excluding carboxylic acids is 1. The molecule has 1 saturated heterocycles. The maximum atomic E-state index is 13.6. The number of carbonyl (C=O) groups is 1. The Hall–Kier alpha value is -2.08. The van der Waals surface area contributed by atoms with Gasteiger partial charge in [0.2, 0.25) is 0 Å². The Bertz CT molecular complexity index is 834. The summed E-state index contributed by atoms with van der Waals surface area (Å²) in [5.41, 5.74) is 0.181. The van der Waals surface area contributed by atoms with Gasteiger partial charge in [-0.25, -0.2) is 4.68 Å². The zero-order valence-corrected chi connectivity index (χ0v) is 18.1. The lowest BCUT2D eigenvalue weighted by Crippen LogP contribution is -2.48. The van der Waals surface area contributed by atoms with Crippen LogP contribution in [-0.2, 0) is 5.54 Å². The summed E-state index contributed by atoms with van der Waals surface area (Å²) in [5, 5.41) is 18.6. The highest BCUT2D eigenvalue weighted by Crippen LogP contribution is 2.41. The molecule has 4 rings (SSSR count). The largest absolute Gasteiger partial charge is 0.391 e. The first-order valence-corrected chi connectivity index (χ1v) is 11.0. The topological polar surface area (TPSA) is 70.4 Å². The van der Waals surface area contributed by atoms with E-state index in [-0.39, 0.29) is 23.0 Å². The summed E-state index contributed by atoms with van der Waals surface area (Å²) in [7, 11) is 0. The molecule has 0 saturated carbocycles. The second kappa shape index (κ2) is 7.31. The monoisotopic (exact) mass is 398 g/mol. The Morgan fingerprint density at radius 1 is 1.28 bits per heavy atom. The summed E-state index contributed by atoms with van der Waals surface area (Å²) in [6, 6.07) is 0.258. The van der Waals surface area contributed by atoms with Crippen molar-refractivity contribution in [2.45, 2.75) is 83.0 Å². The zero-order valence-electron chi connectivity index (χ0n) is 18.1. The highest BCUT2D eigenvalue weighted by molar-refractivity contribution is 5.99. The number of fused-ring (bicyclic) bond motifs is 1. The van der Waals surface area contributed by atoms with Crippen molar-refractivity contribution in [1.82, 2.24) is 14.7 Å². The lowest BCUT2D eigenvalue weighted by Gasteiger charge is -2.41. The molecule has 1 fully saturated rings. The third-order valence-corrected chi connectivity index (χ3v) is 7.29. The van der Waals surface area contributed by atoms with Gasteiger partial charge in [-0.2, -0.15) is 5.10 Å². The van der Waals surface area contributed by atoms with E-state index in [4.69, 9.17) is 0 Å². The molecule has 1 aromatic heterocycles. The van der Waals surface area contributed by atoms with Crippen LogP contribution in [0.5, 0.6) is 0 Å². The lowest BCUT2D eigenvalue weighted by atomic mass is 9.83. The number of aliphatic hydroxyl groups excluding tert-OH is 1. The second-order valence-corrected chi connectivity index (χ2v) is 9.50. The number of allylic oxidation sites excluding steroid dienone is 3. The van der Waals surface area contributed by atoms with E-state index in [1.165, 1.54) is 0 Å². The van der Waals surface area contributed by atoms with Crippen LogP contribution in [-0.4, -0.2) is 49.9 Å². The molecular formula is C23H34N4O2. The van der Waals surface area contributed by atoms with Gasteiger partial charge in [0.05, 0.1) is 17.8 Å². The highest BCUT2D eigenvalue weighted by Gasteiger charge is 2.47. The smallest absolute Gasteiger partial charge is 0.259 e. The van der Waals surface area contributed by atoms with Crippen LogP contribution in [0.1, 0.15) is 70.2 Å². The van der Waals surface area contributed by atoms with Crippen LogP contribution < -0.4 is 5.32 Å². The van der Waals surface area contributed by atoms with Crippen LogP contribution in [0.2, 0.25) is 0 Å². The van der Waals surface area contributed by atoms with E-state index in [1.54, 1.807) is 6.20 Å². The summed E-state index contributed by atoms with van der Waals surface area (Å²) < 4.78 is 1.98. The fourth-order valence-electron chi connectivity index (χ4n) is 5.49. The Balaban J connectivity index is 1.67. The van der Waals surface area contributed by atoms with Gasteiger partial charge in [0, 0.05) is 24.0 Å². The number of likely N-dealkylation sites (tertiary alicyclic amines) is 1. The summed E-state index contributed by atoms with van der Waals surface area (Å²) in [5.74, 6) is 1.21. The molecule has 3 atom stereocenters. The number of hydrogen-bond acceptors (Lipinski definition) is 4. The molecular weight excluding hydrogens is 364 g/mol. The predicted octanol–water partition coefficient (Wildman–Crippen LogP) is 3.70. The minimum atomic E-state index is -0.457. The molecule has 2 aliphatic heterocycles. The minimum absolute atomic E-state index is 0.0190. The predicted molar refractivity (Wildman–Crippen MR) is 115 cm³/mol. The molecule has 0 bridgehead atoms. The van der Waals surface area contributed by atoms with E-state index in [1.807, 2.05) is 9.58 Å². The van der Waals surface area contributed by atoms with Gasteiger partial charge in [0.15, 0.2) is 0 Å². The van der Waals surface area contributed by atoms with Gasteiger partial charge in [-0.15, -0.1) is 0 Å². The number of aliphatic hydroxyl groups is 1. The minimum Gasteiger partial charge on any atom is -0.391 e. The van der Waals surface area contributed by atoms with Crippen LogP contribution in [0.15, 0.2) is 30.5 Å². The van der Waals surface area contributed by atoms with E-state index in [2.05, 4.69) is 62.4 Å². The zero-order chi connectivity index (χ0) is 20.8. The lowest BCUT2D eigenvalue weighted by molar-refractivity contribution is 0.0569. The Morgan fingerprint density at radius 3 is 2.69 bits per heavy atom. The fourth-order valence-corrected chi connectivity index (χ4v) is 5.49. The molecule has 0 aromatic carbocycles. The highest BCUT2D eigenvalue weighted by atomic mass is 16.3. The van der Waals surface area contributed by atoms with Crippen LogP contribution in [0, 0.1) is 5.92 Å². The number of rotatable bonds is 4. The number of hydrogen-bond donors (Lipinski definition) is 2. The maximum absolute atomic E-state index is 13.6. The summed E-state index contributed by atoms with van der Waals surface area (Å²) in [6.45, 7) is 8.99. The third kappa shape index (κ3) is 3.31. The van der Waals surface area contributed by atoms with Crippen molar-refractivity contribution in [2.75, 3.05) is 11.9 Å². The molecule has 0 radical (unpaired) electrons. The number of aromatic nitrogens is 2. The summed E-state index contributed by atoms with van der Waals surface area (Å²) in [4.78, 5) is 15.5. The van der Waals surface area contributed by atoms with Crippen molar-refractivity contribution in [1.29, 1.82) is 0 Å². The quantitative estimate of drug-likeness (QED) is 0.811. The van der Waals surface area contributed by atoms with Crippen molar-refractivity contribution in [3.05, 3.63) is 36.1 Å². The van der Waals surface area contributed by atoms with Gasteiger partial charge >= 0.3 is 0 Å². The van der Waals surface area contributed by atoms with Crippen molar-refractivity contribution >= 4 is 11.7 Å². The van der Waals surface area contributed by atoms with Crippen molar-refractivity contribution in [2.24, 2.45) is 5.92 Å². The Kier molecular flexibility index (Phi) is 5.09. The third-order valence-electron chi connectivity index (χ3n) is 7.29. The SMILES string of the molecule is CCC1(CC)C[C@H](O)CN1C(=O)c1cnn2c1N[C@@H](C1C=CC=CC1)CC2(C)C. The van der Waals surface area contributed by atoms with E-state index in [0.29, 0.717) is 24.4 Å². The first kappa shape index (κ1) is 20.2. The van der Waals surface area contributed by atoms with Gasteiger partial charge in [-0.1, -0.05) is 38.2 Å². The Labute approximate surface area is 173 Å². The molecule has 158 valence electrons. The second-order valence-electron chi connectivity index (χ2n) is 9.50. The average Bonchev–Trinajstić information content (AvgIpc) is 3.29. The number of amides is 1. The molecule has 29 heavy (non-hydrogen) atoms. The Morgan fingerprint density at radius 2 is 2.03 bits per heavy atom. The van der Waals surface area contributed by atoms with Crippen molar-refractivity contribution < 1.29 is 9.90 Å². The maximum Gasteiger partial charge on any atom is 0.259 e. The standard InChI is InChI=1S/C23H34N4O2/c1-5-23(6-2)12-17(28)15-26(23)21(29)18-14-24-27-20(18)25-19(13-22(27,3)4)16-10-8-7-9-11-16/h7-10,14,16-17,19,25,28H,5-6,11-13,15H2,1-4H3/t16?,17-,19+/m0/s1. The molecule has 1 aliphatic carbocycles. The average molecular weight is 399 g/mol. The van der Waals surface area contributed by atoms with E-state index >= 15 is 0 Å². The number of β-amino-alcohol motifs (C(OH)–C–C–N with tert-alkyl or cyclic N) is 1. The van der Waals surface area contributed by atoms with Crippen LogP contribution in [0.4, 0.5) is 5.82 Å². The van der Waals surface area contributed by atoms with Crippen LogP contribution in [0.3, 0.4) is 0 Å². The molecule has 6 heteroatoms. The molecule has 3 aliphatic rings. The van der Waals surface area contributed by atoms with Crippen molar-refractivity contribution in [3.8, 4) is 0 Å². The van der Waals surface area contributed by atoms with Crippen LogP contribution >= 0.6 is 0 Å². The number of anilines is 1. The van der Waals surface area contributed by atoms with E-state index < -0.39 is 6.10 Å². The van der Waals surface area contributed by atoms with Gasteiger partial charge in [0.25, 0.3) is 5.91 Å². The summed E-state index contributed by atoms with van der Waals surface area (Å²) in [6.07, 6.45) is 14.2. The molecule has 0 spiro atoms. The van der Waals surface area contributed by atoms with E-state index in [0.717, 1.165) is 31.5 Å². The molecule has 6 nitrogen and oxygen atoms in total. The molecule has 3 heterocycles. The van der Waals surface area contributed by atoms with Gasteiger partial charge in [0.1, 0.15) is 11.4 Å². The summed E-state index contributed by atoms with van der Waals surface area (Å²) >= 11 is 0. The van der Waals surface area contributed by atoms with Gasteiger partial charge < -0.3 is 15.3 Å². The first-order chi connectivity index (χ1) is 13.8. The molecule has 2 N–H and O–H groups in total. The van der Waals surface area contributed by atoms with Gasteiger partial charge in [-0.3, -0.25) is 4.79 Å². The van der Waals surface area contributed by atoms with Crippen LogP contribution in [0.25, 0.3) is 0 Å². The molecule has 1 unspecified atom stereocenters. The number of nitrogens with zero attached hydrogens (tertiary/aromatic N) is 3. The molecule has 1 amide bonds. The molecule has 1 aromatic rings. The van der Waals surface area contributed by atoms with E-state index in [9.17, 15) is 9.90 Å². The van der Waals surface area contributed by atoms with Gasteiger partial charge in [-0.05, 0) is 46.0 Å². The number of nitrogens with one attached hydrogen (secondary N) is 1. The fraction of sp³-hybridized carbons (Fsp3) is 0.652. The van der Waals surface area contributed by atoms with Crippen molar-refractivity contribution in [3.63, 3.8) is 0 Å².